The molecule has 4 rings (SSSR count). The minimum Gasteiger partial charge on any atom is -0.422 e. The Morgan fingerprint density at radius 3 is 2.18 bits per heavy atom. The Morgan fingerprint density at radius 1 is 0.857 bits per heavy atom. The molecule has 0 aromatic heterocycles. The molecule has 0 saturated heterocycles. The monoisotopic (exact) mass is 392 g/mol. The summed E-state index contributed by atoms with van der Waals surface area (Å²) in [5.41, 5.74) is -0.356. The molecule has 0 radical (unpaired) electrons. The average molecular weight is 393 g/mol. The number of hydrogen-bond acceptors (Lipinski definition) is 5. The third-order valence-corrected chi connectivity index (χ3v) is 9.35. The van der Waals surface area contributed by atoms with Crippen LogP contribution in [0.1, 0.15) is 85.5 Å². The van der Waals surface area contributed by atoms with Gasteiger partial charge in [-0.3, -0.25) is 9.59 Å². The van der Waals surface area contributed by atoms with E-state index in [-0.39, 0.29) is 28.9 Å². The van der Waals surface area contributed by atoms with E-state index in [1.807, 2.05) is 0 Å². The van der Waals surface area contributed by atoms with Gasteiger partial charge in [-0.15, -0.1) is 0 Å². The van der Waals surface area contributed by atoms with Crippen molar-refractivity contribution in [2.75, 3.05) is 0 Å². The quantitative estimate of drug-likeness (QED) is 0.563. The standard InChI is InChI=1S/C23H36O5/c1-14(24)27-23(28-15(2)25)12-5-6-16-7-8-17-18-9-10-20(26)21(18,3)13-11-19(17)22(16,23)4/h16-20,26H,5-13H2,1-4H3/t16-,17-,18-,19-,20?,21-,22-/m0/s1. The lowest BCUT2D eigenvalue weighted by Crippen LogP contribution is -2.66. The summed E-state index contributed by atoms with van der Waals surface area (Å²) in [5, 5.41) is 10.7. The fraction of sp³-hybridized carbons (Fsp3) is 0.913. The van der Waals surface area contributed by atoms with Crippen molar-refractivity contribution in [3.05, 3.63) is 0 Å². The highest BCUT2D eigenvalue weighted by atomic mass is 16.7. The second kappa shape index (κ2) is 6.72. The highest BCUT2D eigenvalue weighted by molar-refractivity contribution is 5.69. The normalized spacial score (nSPS) is 46.7. The van der Waals surface area contributed by atoms with Gasteiger partial charge in [0.15, 0.2) is 0 Å². The minimum absolute atomic E-state index is 0.00452. The largest absolute Gasteiger partial charge is 0.422 e. The Hall–Kier alpha value is -1.10. The van der Waals surface area contributed by atoms with Gasteiger partial charge in [-0.2, -0.15) is 0 Å². The molecule has 0 aromatic carbocycles. The van der Waals surface area contributed by atoms with Crippen LogP contribution in [0.25, 0.3) is 0 Å². The Balaban J connectivity index is 1.76. The highest BCUT2D eigenvalue weighted by Crippen LogP contribution is 2.69. The number of aliphatic hydroxyl groups excluding tert-OH is 1. The average Bonchev–Trinajstić information content (AvgIpc) is 2.90. The van der Waals surface area contributed by atoms with Crippen LogP contribution in [0.4, 0.5) is 0 Å². The molecule has 5 heteroatoms. The summed E-state index contributed by atoms with van der Waals surface area (Å²) < 4.78 is 11.9. The third-order valence-electron chi connectivity index (χ3n) is 9.35. The number of rotatable bonds is 2. The van der Waals surface area contributed by atoms with Gasteiger partial charge in [0.2, 0.25) is 0 Å². The van der Waals surface area contributed by atoms with E-state index in [1.54, 1.807) is 0 Å². The van der Waals surface area contributed by atoms with Crippen molar-refractivity contribution in [1.29, 1.82) is 0 Å². The van der Waals surface area contributed by atoms with Crippen LogP contribution in [0.5, 0.6) is 0 Å². The van der Waals surface area contributed by atoms with E-state index >= 15 is 0 Å². The zero-order valence-electron chi connectivity index (χ0n) is 17.8. The van der Waals surface area contributed by atoms with Crippen LogP contribution >= 0.6 is 0 Å². The number of carbonyl (C=O) groups excluding carboxylic acids is 2. The van der Waals surface area contributed by atoms with Gasteiger partial charge in [0, 0.05) is 20.3 Å². The van der Waals surface area contributed by atoms with Crippen LogP contribution < -0.4 is 0 Å². The first-order valence-electron chi connectivity index (χ1n) is 11.2. The van der Waals surface area contributed by atoms with Crippen molar-refractivity contribution in [1.82, 2.24) is 0 Å². The van der Waals surface area contributed by atoms with Gasteiger partial charge in [-0.05, 0) is 80.5 Å². The SMILES string of the molecule is CC(=O)OC1(OC(C)=O)CCC[C@H]2CC[C@@H]3[C@H](CC[C@]4(C)C(O)CC[C@@H]34)[C@]21C. The molecule has 0 aliphatic heterocycles. The minimum atomic E-state index is -1.15. The Kier molecular flexibility index (Phi) is 4.84. The van der Waals surface area contributed by atoms with Crippen molar-refractivity contribution >= 4 is 11.9 Å². The fourth-order valence-electron chi connectivity index (χ4n) is 8.10. The maximum absolute atomic E-state index is 12.1. The van der Waals surface area contributed by atoms with E-state index in [2.05, 4.69) is 13.8 Å². The number of esters is 2. The van der Waals surface area contributed by atoms with Gasteiger partial charge in [0.05, 0.1) is 11.5 Å². The first kappa shape index (κ1) is 20.2. The topological polar surface area (TPSA) is 72.8 Å². The number of hydrogen-bond donors (Lipinski definition) is 1. The lowest BCUT2D eigenvalue weighted by Gasteiger charge is -2.64. The van der Waals surface area contributed by atoms with E-state index in [1.165, 1.54) is 20.3 Å². The molecule has 0 bridgehead atoms. The molecule has 7 atom stereocenters. The summed E-state index contributed by atoms with van der Waals surface area (Å²) in [6.07, 6.45) is 8.64. The zero-order chi connectivity index (χ0) is 20.3. The van der Waals surface area contributed by atoms with Gasteiger partial charge >= 0.3 is 11.9 Å². The molecule has 4 saturated carbocycles. The lowest BCUT2D eigenvalue weighted by atomic mass is 9.43. The predicted molar refractivity (Wildman–Crippen MR) is 104 cm³/mol. The summed E-state index contributed by atoms with van der Waals surface area (Å²) in [4.78, 5) is 24.2. The molecular formula is C23H36O5. The summed E-state index contributed by atoms with van der Waals surface area (Å²) in [5.74, 6) is -0.133. The van der Waals surface area contributed by atoms with Gasteiger partial charge in [-0.25, -0.2) is 0 Å². The molecule has 0 aromatic rings. The van der Waals surface area contributed by atoms with E-state index in [9.17, 15) is 14.7 Å². The second-order valence-corrected chi connectivity index (χ2v) is 10.4. The number of fused-ring (bicyclic) bond motifs is 5. The maximum atomic E-state index is 12.1. The van der Waals surface area contributed by atoms with Crippen LogP contribution in [-0.2, 0) is 19.1 Å². The van der Waals surface area contributed by atoms with Crippen molar-refractivity contribution in [2.24, 2.45) is 34.5 Å². The highest BCUT2D eigenvalue weighted by Gasteiger charge is 2.68. The van der Waals surface area contributed by atoms with E-state index in [0.717, 1.165) is 44.9 Å². The van der Waals surface area contributed by atoms with Crippen molar-refractivity contribution in [3.8, 4) is 0 Å². The molecule has 0 amide bonds. The molecule has 1 N–H and O–H groups in total. The lowest BCUT2D eigenvalue weighted by molar-refractivity contribution is -0.323. The van der Waals surface area contributed by atoms with Crippen molar-refractivity contribution in [2.45, 2.75) is 97.4 Å². The van der Waals surface area contributed by atoms with Crippen molar-refractivity contribution < 1.29 is 24.2 Å². The summed E-state index contributed by atoms with van der Waals surface area (Å²) >= 11 is 0. The summed E-state index contributed by atoms with van der Waals surface area (Å²) in [6.45, 7) is 7.34. The molecule has 4 fully saturated rings. The number of carbonyl (C=O) groups is 2. The first-order chi connectivity index (χ1) is 13.1. The van der Waals surface area contributed by atoms with Gasteiger partial charge in [0.1, 0.15) is 0 Å². The first-order valence-corrected chi connectivity index (χ1v) is 11.2. The number of aliphatic hydroxyl groups is 1. The molecule has 0 spiro atoms. The van der Waals surface area contributed by atoms with Crippen LogP contribution in [0.15, 0.2) is 0 Å². The fourth-order valence-corrected chi connectivity index (χ4v) is 8.10. The smallest absolute Gasteiger partial charge is 0.305 e. The molecule has 4 aliphatic rings. The van der Waals surface area contributed by atoms with Crippen LogP contribution in [-0.4, -0.2) is 28.9 Å². The van der Waals surface area contributed by atoms with E-state index < -0.39 is 5.79 Å². The predicted octanol–water partition coefficient (Wildman–Crippen LogP) is 4.21. The third kappa shape index (κ3) is 2.68. The molecule has 28 heavy (non-hydrogen) atoms. The van der Waals surface area contributed by atoms with Crippen LogP contribution in [0, 0.1) is 34.5 Å². The number of ether oxygens (including phenoxy) is 2. The molecule has 1 unspecified atom stereocenters. The van der Waals surface area contributed by atoms with Crippen molar-refractivity contribution in [3.63, 3.8) is 0 Å². The second-order valence-electron chi connectivity index (χ2n) is 10.4. The summed E-state index contributed by atoms with van der Waals surface area (Å²) in [7, 11) is 0. The Bertz CT molecular complexity index is 643. The van der Waals surface area contributed by atoms with Gasteiger partial charge in [-0.1, -0.05) is 13.8 Å². The molecule has 158 valence electrons. The van der Waals surface area contributed by atoms with E-state index in [0.29, 0.717) is 30.1 Å². The molecule has 0 heterocycles. The van der Waals surface area contributed by atoms with Crippen LogP contribution in [0.2, 0.25) is 0 Å². The molecular weight excluding hydrogens is 356 g/mol. The van der Waals surface area contributed by atoms with Gasteiger partial charge in [0.25, 0.3) is 5.79 Å². The molecule has 5 nitrogen and oxygen atoms in total. The van der Waals surface area contributed by atoms with Gasteiger partial charge < -0.3 is 14.6 Å². The maximum Gasteiger partial charge on any atom is 0.305 e. The van der Waals surface area contributed by atoms with E-state index in [4.69, 9.17) is 9.47 Å². The zero-order valence-corrected chi connectivity index (χ0v) is 17.8. The Labute approximate surface area is 168 Å². The Morgan fingerprint density at radius 2 is 1.54 bits per heavy atom. The summed E-state index contributed by atoms with van der Waals surface area (Å²) in [6, 6.07) is 0. The molecule has 4 aliphatic carbocycles. The van der Waals surface area contributed by atoms with Crippen LogP contribution in [0.3, 0.4) is 0 Å².